The zero-order chi connectivity index (χ0) is 7.40. The van der Waals surface area contributed by atoms with E-state index in [2.05, 4.69) is 31.9 Å². The van der Waals surface area contributed by atoms with Gasteiger partial charge in [-0.25, -0.2) is 0 Å². The highest BCUT2D eigenvalue weighted by Crippen LogP contribution is 2.10. The Bertz CT molecular complexity index is 79.7. The second-order valence-corrected chi connectivity index (χ2v) is 3.51. The third kappa shape index (κ3) is 2.49. The van der Waals surface area contributed by atoms with Crippen LogP contribution < -0.4 is 0 Å². The van der Waals surface area contributed by atoms with Crippen LogP contribution in [0, 0.1) is 0 Å². The van der Waals surface area contributed by atoms with Gasteiger partial charge in [-0.05, 0) is 0 Å². The molecule has 0 aromatic carbocycles. The number of halogens is 2. The topological polar surface area (TPSA) is 18.5 Å². The molecule has 0 amide bonds. The highest BCUT2D eigenvalue weighted by Gasteiger charge is 2.19. The molecule has 1 rings (SSSR count). The number of hydrogen-bond acceptors (Lipinski definition) is 2. The average molecular weight is 274 g/mol. The van der Waals surface area contributed by atoms with E-state index in [1.54, 1.807) is 0 Å². The summed E-state index contributed by atoms with van der Waals surface area (Å²) in [6, 6.07) is 0. The summed E-state index contributed by atoms with van der Waals surface area (Å²) in [5.74, 6) is 0. The third-order valence-corrected chi connectivity index (χ3v) is 2.82. The summed E-state index contributed by atoms with van der Waals surface area (Å²) in [5, 5.41) is 1.73. The lowest BCUT2D eigenvalue weighted by molar-refractivity contribution is -0.115. The van der Waals surface area contributed by atoms with Crippen LogP contribution in [-0.2, 0) is 9.47 Å². The number of alkyl halides is 2. The zero-order valence-corrected chi connectivity index (χ0v) is 8.73. The van der Waals surface area contributed by atoms with E-state index in [0.29, 0.717) is 13.2 Å². The predicted octanol–water partition coefficient (Wildman–Crippen LogP) is 1.56. The van der Waals surface area contributed by atoms with Crippen molar-refractivity contribution in [2.45, 2.75) is 12.2 Å². The van der Waals surface area contributed by atoms with Crippen molar-refractivity contribution in [3.63, 3.8) is 0 Å². The second kappa shape index (κ2) is 4.70. The van der Waals surface area contributed by atoms with Gasteiger partial charge in [0.15, 0.2) is 0 Å². The lowest BCUT2D eigenvalue weighted by Crippen LogP contribution is -2.37. The summed E-state index contributed by atoms with van der Waals surface area (Å²) in [7, 11) is 0. The van der Waals surface area contributed by atoms with Gasteiger partial charge in [-0.15, -0.1) is 0 Å². The largest absolute Gasteiger partial charge is 0.372 e. The Balaban J connectivity index is 2.17. The average Bonchev–Trinajstić information content (AvgIpc) is 2.05. The van der Waals surface area contributed by atoms with E-state index in [0.717, 1.165) is 10.7 Å². The molecule has 0 radical (unpaired) electrons. The molecular weight excluding hydrogens is 264 g/mol. The fraction of sp³-hybridized carbons (Fsp3) is 1.00. The molecule has 0 saturated carbocycles. The minimum absolute atomic E-state index is 0.246. The molecular formula is C6H10Br2O2. The molecule has 4 heteroatoms. The van der Waals surface area contributed by atoms with Gasteiger partial charge in [0.1, 0.15) is 0 Å². The van der Waals surface area contributed by atoms with Gasteiger partial charge >= 0.3 is 0 Å². The molecule has 1 aliphatic rings. The molecule has 0 bridgehead atoms. The van der Waals surface area contributed by atoms with Gasteiger partial charge in [-0.3, -0.25) is 0 Å². The van der Waals surface area contributed by atoms with Crippen LogP contribution in [-0.4, -0.2) is 36.1 Å². The van der Waals surface area contributed by atoms with Crippen LogP contribution in [0.3, 0.4) is 0 Å². The van der Waals surface area contributed by atoms with E-state index >= 15 is 0 Å². The van der Waals surface area contributed by atoms with E-state index in [1.807, 2.05) is 0 Å². The maximum absolute atomic E-state index is 5.43. The van der Waals surface area contributed by atoms with Gasteiger partial charge in [-0.1, -0.05) is 31.9 Å². The van der Waals surface area contributed by atoms with Crippen LogP contribution in [0.2, 0.25) is 0 Å². The quantitative estimate of drug-likeness (QED) is 0.711. The Morgan fingerprint density at radius 3 is 1.60 bits per heavy atom. The first-order valence-corrected chi connectivity index (χ1v) is 5.46. The molecule has 60 valence electrons. The van der Waals surface area contributed by atoms with Crippen molar-refractivity contribution in [2.24, 2.45) is 0 Å². The normalized spacial score (nSPS) is 34.2. The molecule has 0 unspecified atom stereocenters. The van der Waals surface area contributed by atoms with Gasteiger partial charge in [0.05, 0.1) is 25.4 Å². The Morgan fingerprint density at radius 2 is 1.40 bits per heavy atom. The number of hydrogen-bond donors (Lipinski definition) is 0. The molecule has 1 fully saturated rings. The molecule has 0 aromatic rings. The van der Waals surface area contributed by atoms with Crippen molar-refractivity contribution in [2.75, 3.05) is 23.9 Å². The highest BCUT2D eigenvalue weighted by molar-refractivity contribution is 9.09. The van der Waals surface area contributed by atoms with Crippen molar-refractivity contribution in [3.8, 4) is 0 Å². The Labute approximate surface area is 77.5 Å². The third-order valence-electron chi connectivity index (χ3n) is 1.38. The van der Waals surface area contributed by atoms with Crippen molar-refractivity contribution in [1.82, 2.24) is 0 Å². The van der Waals surface area contributed by atoms with Crippen molar-refractivity contribution in [3.05, 3.63) is 0 Å². The van der Waals surface area contributed by atoms with Crippen LogP contribution in [0.5, 0.6) is 0 Å². The van der Waals surface area contributed by atoms with Gasteiger partial charge in [-0.2, -0.15) is 0 Å². The first kappa shape index (κ1) is 8.97. The van der Waals surface area contributed by atoms with Gasteiger partial charge in [0.2, 0.25) is 0 Å². The van der Waals surface area contributed by atoms with E-state index in [9.17, 15) is 0 Å². The molecule has 1 aliphatic heterocycles. The summed E-state index contributed by atoms with van der Waals surface area (Å²) in [5.41, 5.74) is 0. The molecule has 2 atom stereocenters. The second-order valence-electron chi connectivity index (χ2n) is 2.22. The summed E-state index contributed by atoms with van der Waals surface area (Å²) >= 11 is 6.67. The molecule has 0 aliphatic carbocycles. The van der Waals surface area contributed by atoms with E-state index in [1.165, 1.54) is 0 Å². The standard InChI is InChI=1S/C6H10Br2O2/c7-1-5-3-10-6(2-8)4-9-5/h5-6H,1-4H2/t5-,6+. The zero-order valence-electron chi connectivity index (χ0n) is 5.56. The maximum Gasteiger partial charge on any atom is 0.0906 e. The van der Waals surface area contributed by atoms with Crippen LogP contribution in [0.15, 0.2) is 0 Å². The Hall–Kier alpha value is 0.880. The van der Waals surface area contributed by atoms with Gasteiger partial charge in [0.25, 0.3) is 0 Å². The molecule has 2 nitrogen and oxygen atoms in total. The first-order chi connectivity index (χ1) is 4.86. The molecule has 0 N–H and O–H groups in total. The fourth-order valence-electron chi connectivity index (χ4n) is 0.761. The Morgan fingerprint density at radius 1 is 1.00 bits per heavy atom. The predicted molar refractivity (Wildman–Crippen MR) is 47.1 cm³/mol. The number of rotatable bonds is 2. The van der Waals surface area contributed by atoms with Gasteiger partial charge < -0.3 is 9.47 Å². The number of ether oxygens (including phenoxy) is 2. The van der Waals surface area contributed by atoms with Crippen LogP contribution in [0.1, 0.15) is 0 Å². The fourth-order valence-corrected chi connectivity index (χ4v) is 1.51. The lowest BCUT2D eigenvalue weighted by Gasteiger charge is -2.27. The maximum atomic E-state index is 5.43. The van der Waals surface area contributed by atoms with Crippen LogP contribution >= 0.6 is 31.9 Å². The van der Waals surface area contributed by atoms with E-state index in [-0.39, 0.29) is 12.2 Å². The lowest BCUT2D eigenvalue weighted by atomic mass is 10.3. The summed E-state index contributed by atoms with van der Waals surface area (Å²) in [4.78, 5) is 0. The van der Waals surface area contributed by atoms with Crippen molar-refractivity contribution < 1.29 is 9.47 Å². The van der Waals surface area contributed by atoms with Crippen molar-refractivity contribution >= 4 is 31.9 Å². The van der Waals surface area contributed by atoms with Crippen LogP contribution in [0.25, 0.3) is 0 Å². The Kier molecular flexibility index (Phi) is 4.21. The minimum atomic E-state index is 0.246. The van der Waals surface area contributed by atoms with E-state index < -0.39 is 0 Å². The molecule has 1 saturated heterocycles. The SMILES string of the molecule is BrC[C@@H]1CO[C@@H](CBr)CO1. The van der Waals surface area contributed by atoms with Crippen LogP contribution in [0.4, 0.5) is 0 Å². The summed E-state index contributed by atoms with van der Waals surface area (Å²) in [6.45, 7) is 1.42. The first-order valence-electron chi connectivity index (χ1n) is 3.22. The van der Waals surface area contributed by atoms with Crippen molar-refractivity contribution in [1.29, 1.82) is 0 Å². The molecule has 10 heavy (non-hydrogen) atoms. The smallest absolute Gasteiger partial charge is 0.0906 e. The van der Waals surface area contributed by atoms with E-state index in [4.69, 9.17) is 9.47 Å². The summed E-state index contributed by atoms with van der Waals surface area (Å²) in [6.07, 6.45) is 0.491. The monoisotopic (exact) mass is 272 g/mol. The highest BCUT2D eigenvalue weighted by atomic mass is 79.9. The minimum Gasteiger partial charge on any atom is -0.372 e. The molecule has 0 aromatic heterocycles. The summed E-state index contributed by atoms with van der Waals surface area (Å²) < 4.78 is 10.9. The molecule has 1 heterocycles. The molecule has 0 spiro atoms. The van der Waals surface area contributed by atoms with Gasteiger partial charge in [0, 0.05) is 10.7 Å².